The number of hydrogen-bond acceptors (Lipinski definition) is 2. The predicted octanol–water partition coefficient (Wildman–Crippen LogP) is 1.71. The molecule has 0 radical (unpaired) electrons. The minimum atomic E-state index is -0.0311. The first-order chi connectivity index (χ1) is 7.22. The third kappa shape index (κ3) is 4.31. The van der Waals surface area contributed by atoms with Gasteiger partial charge in [-0.05, 0) is 24.6 Å². The summed E-state index contributed by atoms with van der Waals surface area (Å²) in [6, 6.07) is 7.91. The molecule has 80 valence electrons. The van der Waals surface area contributed by atoms with Crippen molar-refractivity contribution in [2.45, 2.75) is 6.92 Å². The van der Waals surface area contributed by atoms with Crippen LogP contribution in [0.1, 0.15) is 5.56 Å². The van der Waals surface area contributed by atoms with Gasteiger partial charge in [-0.15, -0.1) is 6.58 Å². The number of aryl methyl sites for hydroxylation is 1. The molecule has 0 unspecified atom stereocenters. The molecule has 0 aliphatic carbocycles. The highest BCUT2D eigenvalue weighted by Crippen LogP contribution is 2.08. The van der Waals surface area contributed by atoms with E-state index in [1.807, 2.05) is 31.2 Å². The molecule has 0 atom stereocenters. The Hall–Kier alpha value is -1.77. The summed E-state index contributed by atoms with van der Waals surface area (Å²) in [6.07, 6.45) is 1.66. The van der Waals surface area contributed by atoms with E-state index in [9.17, 15) is 4.79 Å². The van der Waals surface area contributed by atoms with Gasteiger partial charge in [0.2, 0.25) is 5.91 Å². The molecule has 0 saturated heterocycles. The summed E-state index contributed by atoms with van der Waals surface area (Å²) in [6.45, 7) is 6.34. The van der Waals surface area contributed by atoms with Crippen LogP contribution in [0.3, 0.4) is 0 Å². The summed E-state index contributed by atoms with van der Waals surface area (Å²) in [4.78, 5) is 11.2. The number of carbonyl (C=O) groups excluding carboxylic acids is 1. The van der Waals surface area contributed by atoms with Gasteiger partial charge in [0, 0.05) is 12.2 Å². The molecule has 0 aromatic heterocycles. The number of rotatable bonds is 5. The molecule has 15 heavy (non-hydrogen) atoms. The standard InChI is InChI=1S/C12H16N2O/c1-3-7-13-12(15)9-14-11-6-4-5-10(2)8-11/h3-6,8,14H,1,7,9H2,2H3,(H,13,15). The lowest BCUT2D eigenvalue weighted by Gasteiger charge is -2.06. The zero-order valence-electron chi connectivity index (χ0n) is 8.92. The maximum Gasteiger partial charge on any atom is 0.239 e. The van der Waals surface area contributed by atoms with E-state index < -0.39 is 0 Å². The van der Waals surface area contributed by atoms with Crippen molar-refractivity contribution >= 4 is 11.6 Å². The molecule has 0 aliphatic heterocycles. The van der Waals surface area contributed by atoms with Crippen LogP contribution in [-0.4, -0.2) is 19.0 Å². The van der Waals surface area contributed by atoms with E-state index in [1.165, 1.54) is 5.56 Å². The van der Waals surface area contributed by atoms with Crippen molar-refractivity contribution in [1.29, 1.82) is 0 Å². The second-order valence-electron chi connectivity index (χ2n) is 3.32. The van der Waals surface area contributed by atoms with E-state index in [-0.39, 0.29) is 12.5 Å². The monoisotopic (exact) mass is 204 g/mol. The molecule has 1 amide bonds. The van der Waals surface area contributed by atoms with Crippen molar-refractivity contribution in [3.05, 3.63) is 42.5 Å². The molecule has 0 fully saturated rings. The topological polar surface area (TPSA) is 41.1 Å². The van der Waals surface area contributed by atoms with Crippen molar-refractivity contribution in [3.8, 4) is 0 Å². The average Bonchev–Trinajstić information content (AvgIpc) is 2.23. The van der Waals surface area contributed by atoms with Crippen LogP contribution in [0.2, 0.25) is 0 Å². The highest BCUT2D eigenvalue weighted by molar-refractivity contribution is 5.80. The molecule has 1 aromatic carbocycles. The van der Waals surface area contributed by atoms with Gasteiger partial charge in [0.05, 0.1) is 6.54 Å². The normalized spacial score (nSPS) is 9.40. The number of carbonyl (C=O) groups is 1. The van der Waals surface area contributed by atoms with E-state index in [0.29, 0.717) is 6.54 Å². The fourth-order valence-corrected chi connectivity index (χ4v) is 1.19. The first kappa shape index (κ1) is 11.3. The molecule has 0 bridgehead atoms. The Labute approximate surface area is 90.2 Å². The maximum absolute atomic E-state index is 11.2. The summed E-state index contributed by atoms with van der Waals surface area (Å²) < 4.78 is 0. The molecule has 0 spiro atoms. The first-order valence-corrected chi connectivity index (χ1v) is 4.90. The minimum Gasteiger partial charge on any atom is -0.376 e. The fraction of sp³-hybridized carbons (Fsp3) is 0.250. The Morgan fingerprint density at radius 1 is 1.53 bits per heavy atom. The SMILES string of the molecule is C=CCNC(=O)CNc1cccc(C)c1. The van der Waals surface area contributed by atoms with Gasteiger partial charge in [0.1, 0.15) is 0 Å². The third-order valence-electron chi connectivity index (χ3n) is 1.91. The first-order valence-electron chi connectivity index (χ1n) is 4.90. The van der Waals surface area contributed by atoms with Crippen molar-refractivity contribution < 1.29 is 4.79 Å². The van der Waals surface area contributed by atoms with E-state index >= 15 is 0 Å². The Morgan fingerprint density at radius 3 is 3.00 bits per heavy atom. The van der Waals surface area contributed by atoms with Crippen molar-refractivity contribution in [2.75, 3.05) is 18.4 Å². The summed E-state index contributed by atoms with van der Waals surface area (Å²) in [5.41, 5.74) is 2.13. The van der Waals surface area contributed by atoms with Crippen LogP contribution in [0.15, 0.2) is 36.9 Å². The van der Waals surface area contributed by atoms with Gasteiger partial charge in [-0.2, -0.15) is 0 Å². The zero-order chi connectivity index (χ0) is 11.1. The summed E-state index contributed by atoms with van der Waals surface area (Å²) in [5, 5.41) is 5.75. The number of anilines is 1. The van der Waals surface area contributed by atoms with Crippen LogP contribution >= 0.6 is 0 Å². The van der Waals surface area contributed by atoms with Gasteiger partial charge in [-0.1, -0.05) is 18.2 Å². The maximum atomic E-state index is 11.2. The summed E-state index contributed by atoms with van der Waals surface area (Å²) in [7, 11) is 0. The van der Waals surface area contributed by atoms with Gasteiger partial charge in [-0.25, -0.2) is 0 Å². The van der Waals surface area contributed by atoms with Crippen LogP contribution in [-0.2, 0) is 4.79 Å². The smallest absolute Gasteiger partial charge is 0.239 e. The average molecular weight is 204 g/mol. The second-order valence-corrected chi connectivity index (χ2v) is 3.32. The molecule has 1 aromatic rings. The largest absolute Gasteiger partial charge is 0.376 e. The Bertz CT molecular complexity index is 347. The fourth-order valence-electron chi connectivity index (χ4n) is 1.19. The Kier molecular flexibility index (Phi) is 4.41. The van der Waals surface area contributed by atoms with E-state index in [0.717, 1.165) is 5.69 Å². The van der Waals surface area contributed by atoms with E-state index in [2.05, 4.69) is 17.2 Å². The minimum absolute atomic E-state index is 0.0311. The highest BCUT2D eigenvalue weighted by atomic mass is 16.1. The molecule has 0 saturated carbocycles. The van der Waals surface area contributed by atoms with Gasteiger partial charge in [0.15, 0.2) is 0 Å². The number of benzene rings is 1. The molecule has 2 N–H and O–H groups in total. The van der Waals surface area contributed by atoms with Gasteiger partial charge in [0.25, 0.3) is 0 Å². The molecule has 1 rings (SSSR count). The summed E-state index contributed by atoms with van der Waals surface area (Å²) >= 11 is 0. The summed E-state index contributed by atoms with van der Waals surface area (Å²) in [5.74, 6) is -0.0311. The quantitative estimate of drug-likeness (QED) is 0.717. The number of hydrogen-bond donors (Lipinski definition) is 2. The van der Waals surface area contributed by atoms with Crippen LogP contribution in [0.25, 0.3) is 0 Å². The predicted molar refractivity (Wildman–Crippen MR) is 62.9 cm³/mol. The van der Waals surface area contributed by atoms with E-state index in [1.54, 1.807) is 6.08 Å². The van der Waals surface area contributed by atoms with Gasteiger partial charge < -0.3 is 10.6 Å². The van der Waals surface area contributed by atoms with Gasteiger partial charge in [-0.3, -0.25) is 4.79 Å². The van der Waals surface area contributed by atoms with Crippen LogP contribution in [0.5, 0.6) is 0 Å². The van der Waals surface area contributed by atoms with Crippen LogP contribution in [0.4, 0.5) is 5.69 Å². The molecule has 3 heteroatoms. The lowest BCUT2D eigenvalue weighted by atomic mass is 10.2. The molecular weight excluding hydrogens is 188 g/mol. The van der Waals surface area contributed by atoms with Crippen molar-refractivity contribution in [1.82, 2.24) is 5.32 Å². The second kappa shape index (κ2) is 5.86. The third-order valence-corrected chi connectivity index (χ3v) is 1.91. The van der Waals surface area contributed by atoms with E-state index in [4.69, 9.17) is 0 Å². The zero-order valence-corrected chi connectivity index (χ0v) is 8.92. The van der Waals surface area contributed by atoms with Crippen LogP contribution in [0, 0.1) is 6.92 Å². The molecule has 3 nitrogen and oxygen atoms in total. The van der Waals surface area contributed by atoms with Crippen LogP contribution < -0.4 is 10.6 Å². The Balaban J connectivity index is 2.36. The lowest BCUT2D eigenvalue weighted by Crippen LogP contribution is -2.29. The molecule has 0 aliphatic rings. The number of nitrogens with one attached hydrogen (secondary N) is 2. The lowest BCUT2D eigenvalue weighted by molar-refractivity contribution is -0.119. The van der Waals surface area contributed by atoms with Crippen molar-refractivity contribution in [2.24, 2.45) is 0 Å². The highest BCUT2D eigenvalue weighted by Gasteiger charge is 1.98. The Morgan fingerprint density at radius 2 is 2.33 bits per heavy atom. The van der Waals surface area contributed by atoms with Gasteiger partial charge >= 0.3 is 0 Å². The molecular formula is C12H16N2O. The van der Waals surface area contributed by atoms with Crippen molar-refractivity contribution in [3.63, 3.8) is 0 Å². The molecule has 0 heterocycles. The number of amides is 1.